The number of halogens is 3. The van der Waals surface area contributed by atoms with Crippen LogP contribution in [0.3, 0.4) is 0 Å². The molecule has 6 nitrogen and oxygen atoms in total. The Hall–Kier alpha value is -3.88. The molecule has 0 bridgehead atoms. The summed E-state index contributed by atoms with van der Waals surface area (Å²) < 4.78 is 52.0. The Labute approximate surface area is 175 Å². The fourth-order valence-electron chi connectivity index (χ4n) is 2.87. The highest BCUT2D eigenvalue weighted by molar-refractivity contribution is 6.51. The maximum absolute atomic E-state index is 13.7. The van der Waals surface area contributed by atoms with Crippen LogP contribution >= 0.6 is 0 Å². The van der Waals surface area contributed by atoms with Gasteiger partial charge in [0.15, 0.2) is 5.76 Å². The van der Waals surface area contributed by atoms with Crippen LogP contribution in [0.1, 0.15) is 11.1 Å². The number of alkyl halides is 3. The third-order valence-electron chi connectivity index (χ3n) is 4.19. The number of carboxylic acids is 1. The molecule has 0 saturated carbocycles. The zero-order chi connectivity index (χ0) is 22.6. The summed E-state index contributed by atoms with van der Waals surface area (Å²) in [7, 11) is 1.46. The van der Waals surface area contributed by atoms with Crippen LogP contribution < -0.4 is 9.47 Å². The van der Waals surface area contributed by atoms with Crippen LogP contribution in [0.15, 0.2) is 71.4 Å². The number of carbonyl (C=O) groups is 1. The molecule has 0 atom stereocenters. The van der Waals surface area contributed by atoms with Crippen LogP contribution in [-0.4, -0.2) is 29.5 Å². The summed E-state index contributed by atoms with van der Waals surface area (Å²) in [5.74, 6) is -1.40. The van der Waals surface area contributed by atoms with Crippen molar-refractivity contribution in [3.05, 3.63) is 77.6 Å². The molecule has 160 valence electrons. The third-order valence-corrected chi connectivity index (χ3v) is 4.19. The molecule has 31 heavy (non-hydrogen) atoms. The van der Waals surface area contributed by atoms with E-state index in [2.05, 4.69) is 4.99 Å². The zero-order valence-electron chi connectivity index (χ0n) is 16.2. The highest BCUT2D eigenvalue weighted by atomic mass is 19.4. The molecule has 2 aromatic carbocycles. The standard InChI is InChI=1S/C22H17F3N2O4/c1-27-21-17(26)6-3-7-19(21)31-15-8-9-18(16(12-15)22(23,24)25)30-14-5-2-4-13(10-14)11-20(28)29/h2-10,12,26H,11H2,1H3,(H,28,29)/b26-17?,27-21-. The third kappa shape index (κ3) is 5.39. The number of allylic oxidation sites excluding steroid dienone is 4. The number of benzene rings is 2. The largest absolute Gasteiger partial charge is 0.481 e. The fourth-order valence-corrected chi connectivity index (χ4v) is 2.87. The van der Waals surface area contributed by atoms with Crippen LogP contribution in [0.25, 0.3) is 0 Å². The van der Waals surface area contributed by atoms with Crippen molar-refractivity contribution in [1.29, 1.82) is 5.41 Å². The van der Waals surface area contributed by atoms with E-state index >= 15 is 0 Å². The van der Waals surface area contributed by atoms with Gasteiger partial charge in [-0.25, -0.2) is 0 Å². The zero-order valence-corrected chi connectivity index (χ0v) is 16.2. The van der Waals surface area contributed by atoms with Crippen molar-refractivity contribution in [1.82, 2.24) is 0 Å². The Morgan fingerprint density at radius 2 is 1.87 bits per heavy atom. The monoisotopic (exact) mass is 430 g/mol. The topological polar surface area (TPSA) is 92.0 Å². The minimum Gasteiger partial charge on any atom is -0.481 e. The first-order valence-corrected chi connectivity index (χ1v) is 8.99. The van der Waals surface area contributed by atoms with E-state index < -0.39 is 23.5 Å². The molecule has 2 N–H and O–H groups in total. The molecule has 0 fully saturated rings. The lowest BCUT2D eigenvalue weighted by atomic mass is 10.1. The summed E-state index contributed by atoms with van der Waals surface area (Å²) in [4.78, 5) is 14.8. The van der Waals surface area contributed by atoms with Gasteiger partial charge in [-0.15, -0.1) is 0 Å². The lowest BCUT2D eigenvalue weighted by Gasteiger charge is -2.18. The molecular weight excluding hydrogens is 413 g/mol. The lowest BCUT2D eigenvalue weighted by Crippen LogP contribution is -2.20. The number of aliphatic imine (C=N–C) groups is 1. The van der Waals surface area contributed by atoms with E-state index in [-0.39, 0.29) is 35.1 Å². The summed E-state index contributed by atoms with van der Waals surface area (Å²) >= 11 is 0. The molecule has 0 unspecified atom stereocenters. The van der Waals surface area contributed by atoms with Gasteiger partial charge in [0.2, 0.25) is 0 Å². The minimum atomic E-state index is -4.73. The van der Waals surface area contributed by atoms with Crippen molar-refractivity contribution < 1.29 is 32.5 Å². The summed E-state index contributed by atoms with van der Waals surface area (Å²) in [6.45, 7) is 0. The predicted octanol–water partition coefficient (Wildman–Crippen LogP) is 5.05. The van der Waals surface area contributed by atoms with Crippen LogP contribution in [-0.2, 0) is 17.4 Å². The number of carboxylic acid groups (broad SMARTS) is 1. The number of hydrogen-bond donors (Lipinski definition) is 2. The van der Waals surface area contributed by atoms with Crippen molar-refractivity contribution >= 4 is 17.4 Å². The molecule has 9 heteroatoms. The smallest absolute Gasteiger partial charge is 0.420 e. The molecule has 0 aliphatic heterocycles. The van der Waals surface area contributed by atoms with Crippen LogP contribution in [0.4, 0.5) is 13.2 Å². The Morgan fingerprint density at radius 1 is 1.13 bits per heavy atom. The molecule has 1 aliphatic rings. The van der Waals surface area contributed by atoms with Crippen LogP contribution in [0.2, 0.25) is 0 Å². The molecule has 0 aromatic heterocycles. The molecule has 0 radical (unpaired) electrons. The first-order valence-electron chi connectivity index (χ1n) is 8.99. The van der Waals surface area contributed by atoms with Gasteiger partial charge in [0, 0.05) is 7.05 Å². The van der Waals surface area contributed by atoms with Gasteiger partial charge in [-0.2, -0.15) is 13.2 Å². The van der Waals surface area contributed by atoms with Crippen molar-refractivity contribution in [2.45, 2.75) is 12.6 Å². The highest BCUT2D eigenvalue weighted by Crippen LogP contribution is 2.40. The molecule has 0 spiro atoms. The fraction of sp³-hybridized carbons (Fsp3) is 0.136. The Bertz CT molecular complexity index is 1120. The second-order valence-electron chi connectivity index (χ2n) is 6.45. The van der Waals surface area contributed by atoms with Gasteiger partial charge in [0.25, 0.3) is 0 Å². The molecule has 0 amide bonds. The molecule has 2 aromatic rings. The quantitative estimate of drug-likeness (QED) is 0.628. The van der Waals surface area contributed by atoms with Crippen LogP contribution in [0.5, 0.6) is 17.2 Å². The Morgan fingerprint density at radius 3 is 2.55 bits per heavy atom. The predicted molar refractivity (Wildman–Crippen MR) is 108 cm³/mol. The van der Waals surface area contributed by atoms with E-state index in [0.717, 1.165) is 12.1 Å². The second-order valence-corrected chi connectivity index (χ2v) is 6.45. The Kier molecular flexibility index (Phi) is 6.24. The maximum atomic E-state index is 13.7. The van der Waals surface area contributed by atoms with Crippen LogP contribution in [0, 0.1) is 5.41 Å². The summed E-state index contributed by atoms with van der Waals surface area (Å²) in [6, 6.07) is 9.07. The van der Waals surface area contributed by atoms with Gasteiger partial charge in [-0.1, -0.05) is 18.2 Å². The van der Waals surface area contributed by atoms with Crippen molar-refractivity contribution in [2.75, 3.05) is 7.05 Å². The molecule has 1 aliphatic carbocycles. The van der Waals surface area contributed by atoms with Gasteiger partial charge in [-0.3, -0.25) is 15.2 Å². The van der Waals surface area contributed by atoms with E-state index in [1.165, 1.54) is 43.5 Å². The van der Waals surface area contributed by atoms with Gasteiger partial charge < -0.3 is 14.6 Å². The minimum absolute atomic E-state index is 0.0758. The number of nitrogens with zero attached hydrogens (tertiary/aromatic N) is 1. The van der Waals surface area contributed by atoms with Crippen molar-refractivity contribution in [2.24, 2.45) is 4.99 Å². The normalized spacial score (nSPS) is 15.0. The first kappa shape index (κ1) is 21.8. The van der Waals surface area contributed by atoms with E-state index in [4.69, 9.17) is 20.0 Å². The van der Waals surface area contributed by atoms with E-state index in [0.29, 0.717) is 5.56 Å². The highest BCUT2D eigenvalue weighted by Gasteiger charge is 2.35. The van der Waals surface area contributed by atoms with E-state index in [9.17, 15) is 18.0 Å². The maximum Gasteiger partial charge on any atom is 0.420 e. The number of nitrogens with one attached hydrogen (secondary N) is 1. The molecule has 0 heterocycles. The molecular formula is C22H17F3N2O4. The first-order chi connectivity index (χ1) is 14.7. The van der Waals surface area contributed by atoms with Gasteiger partial charge in [0.05, 0.1) is 12.1 Å². The van der Waals surface area contributed by atoms with Gasteiger partial charge in [-0.05, 0) is 48.0 Å². The number of rotatable bonds is 6. The second kappa shape index (κ2) is 8.86. The summed E-state index contributed by atoms with van der Waals surface area (Å²) in [6.07, 6.45) is -0.477. The number of ether oxygens (including phenoxy) is 2. The molecule has 3 rings (SSSR count). The average molecular weight is 430 g/mol. The SMILES string of the molecule is C/N=C1/C(=N)C=CC=C1Oc1ccc(Oc2cccc(CC(=O)O)c2)c(C(F)(F)F)c1. The number of hydrogen-bond acceptors (Lipinski definition) is 5. The Balaban J connectivity index is 1.91. The number of aliphatic carboxylic acids is 1. The summed E-state index contributed by atoms with van der Waals surface area (Å²) in [5.41, 5.74) is -0.376. The van der Waals surface area contributed by atoms with Crippen molar-refractivity contribution in [3.63, 3.8) is 0 Å². The van der Waals surface area contributed by atoms with E-state index in [1.807, 2.05) is 0 Å². The molecule has 0 saturated heterocycles. The van der Waals surface area contributed by atoms with Gasteiger partial charge in [0.1, 0.15) is 28.5 Å². The van der Waals surface area contributed by atoms with E-state index in [1.54, 1.807) is 12.1 Å². The van der Waals surface area contributed by atoms with Crippen molar-refractivity contribution in [3.8, 4) is 17.2 Å². The van der Waals surface area contributed by atoms with Gasteiger partial charge >= 0.3 is 12.1 Å². The average Bonchev–Trinajstić information content (AvgIpc) is 2.68. The summed E-state index contributed by atoms with van der Waals surface area (Å²) in [5, 5.41) is 16.7. The lowest BCUT2D eigenvalue weighted by molar-refractivity contribution is -0.138.